The van der Waals surface area contributed by atoms with Gasteiger partial charge in [-0.2, -0.15) is 0 Å². The van der Waals surface area contributed by atoms with Crippen molar-refractivity contribution in [3.8, 4) is 5.75 Å². The number of likely N-dealkylation sites (N-methyl/N-ethyl adjacent to an activating group) is 1. The van der Waals surface area contributed by atoms with Crippen LogP contribution in [0.15, 0.2) is 48.5 Å². The summed E-state index contributed by atoms with van der Waals surface area (Å²) < 4.78 is 5.70. The molecular weight excluding hydrogens is 324 g/mol. The Morgan fingerprint density at radius 1 is 1.15 bits per heavy atom. The Morgan fingerprint density at radius 3 is 2.69 bits per heavy atom. The van der Waals surface area contributed by atoms with E-state index in [-0.39, 0.29) is 11.8 Å². The van der Waals surface area contributed by atoms with E-state index in [9.17, 15) is 4.79 Å². The molecule has 0 bridgehead atoms. The fourth-order valence-corrected chi connectivity index (χ4v) is 3.39. The maximum atomic E-state index is 12.7. The molecule has 4 nitrogen and oxygen atoms in total. The average Bonchev–Trinajstić information content (AvgIpc) is 2.66. The van der Waals surface area contributed by atoms with Crippen LogP contribution in [0.25, 0.3) is 0 Å². The van der Waals surface area contributed by atoms with Gasteiger partial charge in [-0.05, 0) is 62.2 Å². The van der Waals surface area contributed by atoms with Gasteiger partial charge in [-0.15, -0.1) is 0 Å². The van der Waals surface area contributed by atoms with Gasteiger partial charge >= 0.3 is 0 Å². The van der Waals surface area contributed by atoms with Crippen LogP contribution >= 0.6 is 0 Å². The minimum atomic E-state index is -0.0198. The Labute approximate surface area is 156 Å². The zero-order valence-corrected chi connectivity index (χ0v) is 15.7. The largest absolute Gasteiger partial charge is 0.492 e. The lowest BCUT2D eigenvalue weighted by Crippen LogP contribution is -2.31. The highest BCUT2D eigenvalue weighted by atomic mass is 16.5. The number of benzene rings is 2. The van der Waals surface area contributed by atoms with Gasteiger partial charge in [0.2, 0.25) is 5.91 Å². The molecule has 0 heterocycles. The summed E-state index contributed by atoms with van der Waals surface area (Å²) in [5.41, 5.74) is 3.60. The third-order valence-corrected chi connectivity index (χ3v) is 4.88. The molecule has 0 radical (unpaired) electrons. The number of carbonyl (C=O) groups excluding carboxylic acids is 1. The van der Waals surface area contributed by atoms with Crippen LogP contribution in [0.4, 0.5) is 0 Å². The number of hydrogen-bond acceptors (Lipinski definition) is 3. The van der Waals surface area contributed by atoms with Crippen LogP contribution in [-0.4, -0.2) is 38.1 Å². The average molecular weight is 352 g/mol. The van der Waals surface area contributed by atoms with Crippen LogP contribution in [0.1, 0.15) is 35.4 Å². The minimum Gasteiger partial charge on any atom is -0.492 e. The second-order valence-electron chi connectivity index (χ2n) is 7.16. The Bertz CT molecular complexity index is 725. The first-order valence-electron chi connectivity index (χ1n) is 9.35. The number of rotatable bonds is 7. The minimum absolute atomic E-state index is 0.0198. The van der Waals surface area contributed by atoms with Crippen LogP contribution in [0.5, 0.6) is 5.75 Å². The number of carbonyl (C=O) groups is 1. The molecule has 1 atom stereocenters. The number of nitrogens with zero attached hydrogens (tertiary/aromatic N) is 1. The summed E-state index contributed by atoms with van der Waals surface area (Å²) in [7, 11) is 4.06. The van der Waals surface area contributed by atoms with Gasteiger partial charge in [-0.1, -0.05) is 36.4 Å². The molecule has 26 heavy (non-hydrogen) atoms. The Hall–Kier alpha value is -2.33. The standard InChI is InChI=1S/C22H28N2O2/c1-24(2)14-15-26-19-12-10-17(11-13-19)16-23-22(25)21-9-5-7-18-6-3-4-8-20(18)21/h3-4,6,8,10-13,21H,5,7,9,14-16H2,1-2H3,(H,23,25). The summed E-state index contributed by atoms with van der Waals surface area (Å²) in [5, 5.41) is 3.10. The number of fused-ring (bicyclic) bond motifs is 1. The van der Waals surface area contributed by atoms with Gasteiger partial charge in [0.05, 0.1) is 5.92 Å². The molecule has 138 valence electrons. The molecule has 2 aromatic carbocycles. The van der Waals surface area contributed by atoms with Crippen molar-refractivity contribution in [1.29, 1.82) is 0 Å². The van der Waals surface area contributed by atoms with E-state index < -0.39 is 0 Å². The summed E-state index contributed by atoms with van der Waals surface area (Å²) in [6.07, 6.45) is 3.09. The number of ether oxygens (including phenoxy) is 1. The van der Waals surface area contributed by atoms with Gasteiger partial charge in [0.15, 0.2) is 0 Å². The third kappa shape index (κ3) is 4.85. The van der Waals surface area contributed by atoms with Crippen LogP contribution in [-0.2, 0) is 17.8 Å². The molecule has 1 aliphatic carbocycles. The van der Waals surface area contributed by atoms with Crippen molar-refractivity contribution in [2.24, 2.45) is 0 Å². The predicted molar refractivity (Wildman–Crippen MR) is 104 cm³/mol. The zero-order chi connectivity index (χ0) is 18.4. The van der Waals surface area contributed by atoms with Crippen LogP contribution in [0.2, 0.25) is 0 Å². The van der Waals surface area contributed by atoms with Crippen molar-refractivity contribution in [3.63, 3.8) is 0 Å². The van der Waals surface area contributed by atoms with E-state index in [1.54, 1.807) is 0 Å². The lowest BCUT2D eigenvalue weighted by molar-refractivity contribution is -0.123. The molecule has 2 aromatic rings. The molecule has 1 amide bonds. The van der Waals surface area contributed by atoms with E-state index in [0.29, 0.717) is 13.2 Å². The van der Waals surface area contributed by atoms with Crippen LogP contribution < -0.4 is 10.1 Å². The summed E-state index contributed by atoms with van der Waals surface area (Å²) in [6.45, 7) is 2.11. The van der Waals surface area contributed by atoms with E-state index in [4.69, 9.17) is 4.74 Å². The number of hydrogen-bond donors (Lipinski definition) is 1. The first-order chi connectivity index (χ1) is 12.6. The van der Waals surface area contributed by atoms with E-state index in [0.717, 1.165) is 37.1 Å². The highest BCUT2D eigenvalue weighted by Crippen LogP contribution is 2.31. The van der Waals surface area contributed by atoms with E-state index in [1.807, 2.05) is 44.4 Å². The molecule has 0 saturated heterocycles. The molecule has 0 aliphatic heterocycles. The SMILES string of the molecule is CN(C)CCOc1ccc(CNC(=O)C2CCCc3ccccc32)cc1. The fourth-order valence-electron chi connectivity index (χ4n) is 3.39. The van der Waals surface area contributed by atoms with Crippen molar-refractivity contribution in [3.05, 3.63) is 65.2 Å². The lowest BCUT2D eigenvalue weighted by Gasteiger charge is -2.24. The lowest BCUT2D eigenvalue weighted by atomic mass is 9.82. The van der Waals surface area contributed by atoms with Gasteiger partial charge in [-0.25, -0.2) is 0 Å². The molecule has 4 heteroatoms. The van der Waals surface area contributed by atoms with Crippen LogP contribution in [0, 0.1) is 0 Å². The highest BCUT2D eigenvalue weighted by Gasteiger charge is 2.25. The Morgan fingerprint density at radius 2 is 1.92 bits per heavy atom. The summed E-state index contributed by atoms with van der Waals surface area (Å²) in [5.74, 6) is 0.972. The molecule has 1 aliphatic rings. The predicted octanol–water partition coefficient (Wildman–Crippen LogP) is 3.36. The first kappa shape index (κ1) is 18.5. The molecule has 0 spiro atoms. The molecular formula is C22H28N2O2. The number of nitrogens with one attached hydrogen (secondary N) is 1. The van der Waals surface area contributed by atoms with Crippen LogP contribution in [0.3, 0.4) is 0 Å². The van der Waals surface area contributed by atoms with Gasteiger partial charge in [-0.3, -0.25) is 4.79 Å². The van der Waals surface area contributed by atoms with Gasteiger partial charge in [0, 0.05) is 13.1 Å². The number of amides is 1. The van der Waals surface area contributed by atoms with Gasteiger partial charge < -0.3 is 15.0 Å². The maximum absolute atomic E-state index is 12.7. The quantitative estimate of drug-likeness (QED) is 0.831. The van der Waals surface area contributed by atoms with E-state index in [1.165, 1.54) is 11.1 Å². The number of aryl methyl sites for hydroxylation is 1. The van der Waals surface area contributed by atoms with Gasteiger partial charge in [0.1, 0.15) is 12.4 Å². The van der Waals surface area contributed by atoms with Crippen molar-refractivity contribution < 1.29 is 9.53 Å². The van der Waals surface area contributed by atoms with Crippen molar-refractivity contribution in [2.45, 2.75) is 31.7 Å². The van der Waals surface area contributed by atoms with Gasteiger partial charge in [0.25, 0.3) is 0 Å². The molecule has 3 rings (SSSR count). The molecule has 0 saturated carbocycles. The third-order valence-electron chi connectivity index (χ3n) is 4.88. The van der Waals surface area contributed by atoms with Crippen molar-refractivity contribution in [2.75, 3.05) is 27.2 Å². The Balaban J connectivity index is 1.52. The summed E-state index contributed by atoms with van der Waals surface area (Å²) in [4.78, 5) is 14.8. The van der Waals surface area contributed by atoms with E-state index in [2.05, 4.69) is 28.4 Å². The molecule has 0 fully saturated rings. The van der Waals surface area contributed by atoms with Crippen molar-refractivity contribution >= 4 is 5.91 Å². The summed E-state index contributed by atoms with van der Waals surface area (Å²) in [6, 6.07) is 16.3. The second-order valence-corrected chi connectivity index (χ2v) is 7.16. The van der Waals surface area contributed by atoms with Crippen molar-refractivity contribution in [1.82, 2.24) is 10.2 Å². The molecule has 1 unspecified atom stereocenters. The monoisotopic (exact) mass is 352 g/mol. The highest BCUT2D eigenvalue weighted by molar-refractivity contribution is 5.84. The zero-order valence-electron chi connectivity index (χ0n) is 15.7. The summed E-state index contributed by atoms with van der Waals surface area (Å²) >= 11 is 0. The topological polar surface area (TPSA) is 41.6 Å². The molecule has 0 aromatic heterocycles. The smallest absolute Gasteiger partial charge is 0.227 e. The normalized spacial score (nSPS) is 16.2. The first-order valence-corrected chi connectivity index (χ1v) is 9.35. The van der Waals surface area contributed by atoms with E-state index >= 15 is 0 Å². The Kier molecular flexibility index (Phi) is 6.29. The fraction of sp³-hybridized carbons (Fsp3) is 0.409. The molecule has 1 N–H and O–H groups in total. The maximum Gasteiger partial charge on any atom is 0.227 e. The second kappa shape index (κ2) is 8.86.